The molecule has 1 atom stereocenters. The second-order valence-corrected chi connectivity index (χ2v) is 5.63. The van der Waals surface area contributed by atoms with Crippen molar-refractivity contribution in [3.63, 3.8) is 0 Å². The Hall–Kier alpha value is -0.540. The summed E-state index contributed by atoms with van der Waals surface area (Å²) < 4.78 is 1.16. The molecule has 0 saturated carbocycles. The minimum absolute atomic E-state index is 0.706. The lowest BCUT2D eigenvalue weighted by Crippen LogP contribution is -2.41. The Labute approximate surface area is 113 Å². The molecule has 0 amide bonds. The highest BCUT2D eigenvalue weighted by atomic mass is 79.9. The molecule has 0 aromatic heterocycles. The summed E-state index contributed by atoms with van der Waals surface area (Å²) in [5, 5.41) is 3.26. The van der Waals surface area contributed by atoms with E-state index in [0.29, 0.717) is 6.04 Å². The number of hydrogen-bond donors (Lipinski definition) is 1. The van der Waals surface area contributed by atoms with Crippen LogP contribution in [0.15, 0.2) is 28.7 Å². The van der Waals surface area contributed by atoms with E-state index in [9.17, 15) is 0 Å². The molecule has 2 rings (SSSR count). The van der Waals surface area contributed by atoms with Crippen LogP contribution in [0.1, 0.15) is 25.7 Å². The fourth-order valence-corrected chi connectivity index (χ4v) is 2.85. The van der Waals surface area contributed by atoms with Crippen LogP contribution < -0.4 is 10.2 Å². The number of nitrogens with zero attached hydrogens (tertiary/aromatic N) is 1. The zero-order valence-corrected chi connectivity index (χ0v) is 12.0. The van der Waals surface area contributed by atoms with Crippen LogP contribution in [-0.2, 0) is 0 Å². The predicted octanol–water partition coefficient (Wildman–Crippen LogP) is 3.42. The Bertz CT molecular complexity index is 337. The van der Waals surface area contributed by atoms with Gasteiger partial charge in [-0.15, -0.1) is 0 Å². The van der Waals surface area contributed by atoms with Crippen LogP contribution in [0, 0.1) is 0 Å². The van der Waals surface area contributed by atoms with Gasteiger partial charge in [0.15, 0.2) is 0 Å². The van der Waals surface area contributed by atoms with Crippen molar-refractivity contribution in [3.8, 4) is 0 Å². The van der Waals surface area contributed by atoms with E-state index in [1.165, 1.54) is 37.9 Å². The molecule has 1 aromatic rings. The minimum Gasteiger partial charge on any atom is -0.369 e. The number of piperidine rings is 1. The highest BCUT2D eigenvalue weighted by molar-refractivity contribution is 9.10. The van der Waals surface area contributed by atoms with Crippen molar-refractivity contribution < 1.29 is 0 Å². The molecule has 94 valence electrons. The second-order valence-electron chi connectivity index (χ2n) is 4.71. The molecule has 1 unspecified atom stereocenters. The Kier molecular flexibility index (Phi) is 4.86. The molecule has 1 aromatic carbocycles. The van der Waals surface area contributed by atoms with Gasteiger partial charge in [0.05, 0.1) is 0 Å². The first-order valence-corrected chi connectivity index (χ1v) is 7.27. The lowest BCUT2D eigenvalue weighted by atomic mass is 9.98. The highest BCUT2D eigenvalue weighted by Crippen LogP contribution is 2.27. The summed E-state index contributed by atoms with van der Waals surface area (Å²) in [5.74, 6) is 0. The Balaban J connectivity index is 2.07. The quantitative estimate of drug-likeness (QED) is 0.916. The third kappa shape index (κ3) is 3.46. The third-order valence-electron chi connectivity index (χ3n) is 3.51. The summed E-state index contributed by atoms with van der Waals surface area (Å²) in [6.45, 7) is 2.31. The Morgan fingerprint density at radius 3 is 2.76 bits per heavy atom. The van der Waals surface area contributed by atoms with Gasteiger partial charge in [0.1, 0.15) is 0 Å². The van der Waals surface area contributed by atoms with E-state index < -0.39 is 0 Å². The molecular weight excluding hydrogens is 276 g/mol. The lowest BCUT2D eigenvalue weighted by molar-refractivity contribution is 0.433. The molecule has 1 aliphatic heterocycles. The fourth-order valence-electron chi connectivity index (χ4n) is 2.58. The molecule has 1 saturated heterocycles. The molecule has 0 radical (unpaired) electrons. The first-order valence-electron chi connectivity index (χ1n) is 6.48. The highest BCUT2D eigenvalue weighted by Gasteiger charge is 2.21. The van der Waals surface area contributed by atoms with E-state index in [2.05, 4.69) is 50.4 Å². The number of anilines is 1. The summed E-state index contributed by atoms with van der Waals surface area (Å²) in [6, 6.07) is 9.43. The molecule has 1 aliphatic rings. The van der Waals surface area contributed by atoms with E-state index in [1.807, 2.05) is 7.05 Å². The summed E-state index contributed by atoms with van der Waals surface area (Å²) in [6.07, 6.45) is 5.28. The van der Waals surface area contributed by atoms with Gasteiger partial charge in [-0.05, 0) is 63.5 Å². The topological polar surface area (TPSA) is 15.3 Å². The van der Waals surface area contributed by atoms with Crippen molar-refractivity contribution in [2.45, 2.75) is 31.7 Å². The Morgan fingerprint density at radius 2 is 2.06 bits per heavy atom. The van der Waals surface area contributed by atoms with Gasteiger partial charge in [-0.25, -0.2) is 0 Å². The second kappa shape index (κ2) is 6.41. The van der Waals surface area contributed by atoms with Crippen LogP contribution in [0.2, 0.25) is 0 Å². The Morgan fingerprint density at radius 1 is 1.29 bits per heavy atom. The largest absolute Gasteiger partial charge is 0.369 e. The number of hydrogen-bond acceptors (Lipinski definition) is 2. The molecule has 1 N–H and O–H groups in total. The van der Waals surface area contributed by atoms with Crippen molar-refractivity contribution in [2.24, 2.45) is 0 Å². The normalized spacial score (nSPS) is 20.6. The molecule has 1 fully saturated rings. The summed E-state index contributed by atoms with van der Waals surface area (Å²) >= 11 is 3.50. The maximum Gasteiger partial charge on any atom is 0.0369 e. The molecule has 0 aliphatic carbocycles. The SMILES string of the molecule is CNCCC1CCCCN1c1ccc(Br)cc1. The van der Waals surface area contributed by atoms with Crippen molar-refractivity contribution in [2.75, 3.05) is 25.0 Å². The number of nitrogens with one attached hydrogen (secondary N) is 1. The minimum atomic E-state index is 0.706. The predicted molar refractivity (Wildman–Crippen MR) is 77.7 cm³/mol. The molecular formula is C14H21BrN2. The molecule has 0 bridgehead atoms. The first-order chi connectivity index (χ1) is 8.31. The van der Waals surface area contributed by atoms with Crippen molar-refractivity contribution >= 4 is 21.6 Å². The van der Waals surface area contributed by atoms with Gasteiger partial charge in [0, 0.05) is 22.7 Å². The van der Waals surface area contributed by atoms with Gasteiger partial charge in [-0.2, -0.15) is 0 Å². The number of halogens is 1. The molecule has 0 spiro atoms. The summed E-state index contributed by atoms with van der Waals surface area (Å²) in [4.78, 5) is 2.58. The van der Waals surface area contributed by atoms with Crippen LogP contribution in [0.5, 0.6) is 0 Å². The average Bonchev–Trinajstić information content (AvgIpc) is 2.38. The van der Waals surface area contributed by atoms with Gasteiger partial charge in [-0.3, -0.25) is 0 Å². The van der Waals surface area contributed by atoms with Gasteiger partial charge < -0.3 is 10.2 Å². The molecule has 17 heavy (non-hydrogen) atoms. The van der Waals surface area contributed by atoms with Crippen LogP contribution in [0.4, 0.5) is 5.69 Å². The van der Waals surface area contributed by atoms with Crippen LogP contribution in [0.3, 0.4) is 0 Å². The van der Waals surface area contributed by atoms with Gasteiger partial charge >= 0.3 is 0 Å². The molecule has 2 nitrogen and oxygen atoms in total. The first kappa shape index (κ1) is 12.9. The maximum atomic E-state index is 3.50. The van der Waals surface area contributed by atoms with Crippen molar-refractivity contribution in [1.29, 1.82) is 0 Å². The van der Waals surface area contributed by atoms with Gasteiger partial charge in [0.2, 0.25) is 0 Å². The third-order valence-corrected chi connectivity index (χ3v) is 4.04. The van der Waals surface area contributed by atoms with E-state index in [-0.39, 0.29) is 0 Å². The summed E-state index contributed by atoms with van der Waals surface area (Å²) in [5.41, 5.74) is 1.37. The van der Waals surface area contributed by atoms with Crippen molar-refractivity contribution in [1.82, 2.24) is 5.32 Å². The van der Waals surface area contributed by atoms with E-state index >= 15 is 0 Å². The van der Waals surface area contributed by atoms with E-state index in [0.717, 1.165) is 11.0 Å². The number of benzene rings is 1. The maximum absolute atomic E-state index is 3.50. The number of rotatable bonds is 4. The molecule has 1 heterocycles. The standard InChI is InChI=1S/C14H21BrN2/c1-16-10-9-13-4-2-3-11-17(13)14-7-5-12(15)6-8-14/h5-8,13,16H,2-4,9-11H2,1H3. The smallest absolute Gasteiger partial charge is 0.0369 e. The van der Waals surface area contributed by atoms with E-state index in [1.54, 1.807) is 0 Å². The van der Waals surface area contributed by atoms with Crippen molar-refractivity contribution in [3.05, 3.63) is 28.7 Å². The van der Waals surface area contributed by atoms with Crippen LogP contribution in [0.25, 0.3) is 0 Å². The van der Waals surface area contributed by atoms with Crippen LogP contribution >= 0.6 is 15.9 Å². The average molecular weight is 297 g/mol. The van der Waals surface area contributed by atoms with Crippen LogP contribution in [-0.4, -0.2) is 26.2 Å². The van der Waals surface area contributed by atoms with Gasteiger partial charge in [-0.1, -0.05) is 15.9 Å². The zero-order valence-electron chi connectivity index (χ0n) is 10.5. The molecule has 3 heteroatoms. The zero-order chi connectivity index (χ0) is 12.1. The lowest BCUT2D eigenvalue weighted by Gasteiger charge is -2.37. The monoisotopic (exact) mass is 296 g/mol. The summed E-state index contributed by atoms with van der Waals surface area (Å²) in [7, 11) is 2.03. The fraction of sp³-hybridized carbons (Fsp3) is 0.571. The van der Waals surface area contributed by atoms with Gasteiger partial charge in [0.25, 0.3) is 0 Å². The van der Waals surface area contributed by atoms with E-state index in [4.69, 9.17) is 0 Å².